The highest BCUT2D eigenvalue weighted by Crippen LogP contribution is 2.38. The van der Waals surface area contributed by atoms with Gasteiger partial charge in [-0.15, -0.1) is 0 Å². The molecule has 0 aliphatic carbocycles. The average molecular weight is 770 g/mol. The molecule has 5 N–H and O–H groups in total. The molecule has 2 aliphatic rings. The van der Waals surface area contributed by atoms with Crippen LogP contribution in [0.5, 0.6) is 11.5 Å². The number of imidazole rings is 2. The first-order valence-corrected chi connectivity index (χ1v) is 19.6. The van der Waals surface area contributed by atoms with Crippen LogP contribution in [0.3, 0.4) is 0 Å². The van der Waals surface area contributed by atoms with Crippen molar-refractivity contribution < 1.29 is 14.3 Å². The van der Waals surface area contributed by atoms with Gasteiger partial charge in [0.2, 0.25) is 11.9 Å². The molecule has 1 amide bonds. The Morgan fingerprint density at radius 1 is 0.750 bits per heavy atom. The van der Waals surface area contributed by atoms with Gasteiger partial charge in [-0.2, -0.15) is 0 Å². The van der Waals surface area contributed by atoms with Crippen molar-refractivity contribution >= 4 is 39.9 Å². The fourth-order valence-electron chi connectivity index (χ4n) is 7.22. The number of nitrogens with one attached hydrogen (secondary N) is 1. The van der Waals surface area contributed by atoms with Gasteiger partial charge in [0.1, 0.15) is 23.7 Å². The van der Waals surface area contributed by atoms with E-state index in [9.17, 15) is 4.79 Å². The van der Waals surface area contributed by atoms with E-state index >= 15 is 0 Å². The van der Waals surface area contributed by atoms with Crippen molar-refractivity contribution in [3.05, 3.63) is 71.3 Å². The third kappa shape index (κ3) is 10.8. The lowest BCUT2D eigenvalue weighted by atomic mass is 10.1. The summed E-state index contributed by atoms with van der Waals surface area (Å²) in [5, 5.41) is 4.53. The Bertz CT molecular complexity index is 2040. The molecule has 3 aromatic carbocycles. The normalized spacial score (nSPS) is 15.8. The SMILES string of the molecule is CCC1Cc2c(ccc3nc(NC(=O)c4ccccc4)n(CCCN(C)C)c23)O1.CN(C)CCCn1c(N)nc2ccc3c(c21)CC(CN(C)C)O3.CN(C)N. The average Bonchev–Trinajstić information content (AvgIpc) is 3.90. The molecular weight excluding hydrogens is 707 g/mol. The summed E-state index contributed by atoms with van der Waals surface area (Å²) in [7, 11) is 16.0. The third-order valence-electron chi connectivity index (χ3n) is 9.68. The second-order valence-corrected chi connectivity index (χ2v) is 15.7. The Kier molecular flexibility index (Phi) is 14.7. The van der Waals surface area contributed by atoms with Crippen LogP contribution in [0.4, 0.5) is 11.9 Å². The molecule has 0 saturated heterocycles. The van der Waals surface area contributed by atoms with Gasteiger partial charge in [0.25, 0.3) is 5.91 Å². The summed E-state index contributed by atoms with van der Waals surface area (Å²) in [5.74, 6) is 7.93. The lowest BCUT2D eigenvalue weighted by Gasteiger charge is -2.15. The van der Waals surface area contributed by atoms with Crippen LogP contribution in [0.1, 0.15) is 47.7 Å². The van der Waals surface area contributed by atoms with Gasteiger partial charge in [-0.05, 0) is 111 Å². The maximum atomic E-state index is 12.8. The van der Waals surface area contributed by atoms with Gasteiger partial charge >= 0.3 is 0 Å². The number of carbonyl (C=O) groups is 1. The van der Waals surface area contributed by atoms with Gasteiger partial charge in [0, 0.05) is 63.3 Å². The highest BCUT2D eigenvalue weighted by molar-refractivity contribution is 6.04. The maximum Gasteiger partial charge on any atom is 0.257 e. The molecule has 2 unspecified atom stereocenters. The van der Waals surface area contributed by atoms with Crippen molar-refractivity contribution in [1.29, 1.82) is 0 Å². The summed E-state index contributed by atoms with van der Waals surface area (Å²) < 4.78 is 16.5. The first kappa shape index (κ1) is 42.4. The largest absolute Gasteiger partial charge is 0.490 e. The Morgan fingerprint density at radius 2 is 1.27 bits per heavy atom. The summed E-state index contributed by atoms with van der Waals surface area (Å²) in [6, 6.07) is 17.3. The summed E-state index contributed by atoms with van der Waals surface area (Å²) in [6.45, 7) is 6.73. The molecule has 2 aliphatic heterocycles. The predicted molar refractivity (Wildman–Crippen MR) is 228 cm³/mol. The number of benzene rings is 3. The Morgan fingerprint density at radius 3 is 1.82 bits per heavy atom. The lowest BCUT2D eigenvalue weighted by Crippen LogP contribution is -2.29. The Hall–Kier alpha value is -4.73. The number of aromatic nitrogens is 4. The van der Waals surface area contributed by atoms with E-state index in [0.29, 0.717) is 17.5 Å². The van der Waals surface area contributed by atoms with Gasteiger partial charge in [0.05, 0.1) is 22.1 Å². The Balaban J connectivity index is 0.000000200. The fourth-order valence-corrected chi connectivity index (χ4v) is 7.22. The first-order valence-electron chi connectivity index (χ1n) is 19.6. The summed E-state index contributed by atoms with van der Waals surface area (Å²) in [5.41, 5.74) is 13.4. The summed E-state index contributed by atoms with van der Waals surface area (Å²) >= 11 is 0. The van der Waals surface area contributed by atoms with Crippen LogP contribution in [0.15, 0.2) is 54.6 Å². The van der Waals surface area contributed by atoms with E-state index in [-0.39, 0.29) is 18.1 Å². The van der Waals surface area contributed by atoms with E-state index in [2.05, 4.69) is 83.3 Å². The standard InChI is InChI=1S/C23H28N4O2.C17H27N5O.C2H8N2/c1-4-17-15-18-20(29-17)12-11-19-21(18)27(14-8-13-26(2)3)23(24-19)25-22(28)16-9-6-5-7-10-16;1-20(2)8-5-9-22-16-13-10-12(11-21(3)4)23-15(13)7-6-14(16)19-17(22)18;1-4(2)3/h5-7,9-12,17H,4,8,13-15H2,1-3H3,(H,24,25,28);6-7,12H,5,8-11H2,1-4H3,(H2,18,19);3H2,1-2H3. The second-order valence-electron chi connectivity index (χ2n) is 15.7. The molecule has 7 rings (SSSR count). The number of likely N-dealkylation sites (N-methyl/N-ethyl adjacent to an activating group) is 1. The quantitative estimate of drug-likeness (QED) is 0.112. The molecule has 4 heterocycles. The molecular formula is C42H63N11O3. The molecule has 5 aromatic rings. The van der Waals surface area contributed by atoms with Gasteiger partial charge in [0.15, 0.2) is 0 Å². The van der Waals surface area contributed by atoms with E-state index < -0.39 is 0 Å². The number of aryl methyl sites for hydroxylation is 2. The molecule has 14 heteroatoms. The molecule has 2 atom stereocenters. The number of nitrogens with two attached hydrogens (primary N) is 2. The lowest BCUT2D eigenvalue weighted by molar-refractivity contribution is 0.102. The molecule has 304 valence electrons. The van der Waals surface area contributed by atoms with Crippen molar-refractivity contribution in [2.45, 2.75) is 64.3 Å². The number of nitrogens with zero attached hydrogens (tertiary/aromatic N) is 8. The number of carbonyl (C=O) groups excluding carboxylic acids is 1. The van der Waals surface area contributed by atoms with Crippen LogP contribution in [-0.2, 0) is 25.9 Å². The number of hydrogen-bond acceptors (Lipinski definition) is 11. The third-order valence-corrected chi connectivity index (χ3v) is 9.68. The molecule has 0 saturated carbocycles. The maximum absolute atomic E-state index is 12.8. The van der Waals surface area contributed by atoms with Crippen LogP contribution in [0.25, 0.3) is 22.1 Å². The molecule has 0 bridgehead atoms. The predicted octanol–water partition coefficient (Wildman–Crippen LogP) is 4.81. The van der Waals surface area contributed by atoms with Gasteiger partial charge < -0.3 is 39.0 Å². The van der Waals surface area contributed by atoms with Crippen molar-refractivity contribution in [3.63, 3.8) is 0 Å². The number of hydrazine groups is 1. The molecule has 56 heavy (non-hydrogen) atoms. The van der Waals surface area contributed by atoms with Crippen LogP contribution < -0.4 is 26.4 Å². The number of anilines is 2. The van der Waals surface area contributed by atoms with E-state index in [1.165, 1.54) is 16.1 Å². The second kappa shape index (κ2) is 19.4. The van der Waals surface area contributed by atoms with Crippen LogP contribution >= 0.6 is 0 Å². The van der Waals surface area contributed by atoms with Gasteiger partial charge in [-0.3, -0.25) is 21.0 Å². The Labute approximate surface area is 332 Å². The van der Waals surface area contributed by atoms with Crippen LogP contribution in [-0.4, -0.2) is 133 Å². The number of ether oxygens (including phenoxy) is 2. The van der Waals surface area contributed by atoms with Crippen molar-refractivity contribution in [2.75, 3.05) is 87.1 Å². The minimum atomic E-state index is -0.144. The van der Waals surface area contributed by atoms with Crippen molar-refractivity contribution in [1.82, 2.24) is 38.8 Å². The van der Waals surface area contributed by atoms with E-state index in [4.69, 9.17) is 26.0 Å². The zero-order valence-electron chi connectivity index (χ0n) is 34.9. The minimum Gasteiger partial charge on any atom is -0.490 e. The van der Waals surface area contributed by atoms with Gasteiger partial charge in [-0.25, -0.2) is 9.97 Å². The topological polar surface area (TPSA) is 148 Å². The molecule has 0 fully saturated rings. The first-order chi connectivity index (χ1) is 26.7. The smallest absolute Gasteiger partial charge is 0.257 e. The van der Waals surface area contributed by atoms with E-state index in [1.807, 2.05) is 54.6 Å². The zero-order chi connectivity index (χ0) is 40.5. The van der Waals surface area contributed by atoms with Crippen molar-refractivity contribution in [2.24, 2.45) is 5.84 Å². The minimum absolute atomic E-state index is 0.144. The number of amides is 1. The summed E-state index contributed by atoms with van der Waals surface area (Å²) in [6.07, 6.45) is 5.21. The van der Waals surface area contributed by atoms with E-state index in [0.717, 1.165) is 98.4 Å². The molecule has 0 spiro atoms. The number of nitrogen functional groups attached to an aromatic ring is 1. The zero-order valence-corrected chi connectivity index (χ0v) is 34.9. The summed E-state index contributed by atoms with van der Waals surface area (Å²) in [4.78, 5) is 28.6. The highest BCUT2D eigenvalue weighted by Gasteiger charge is 2.29. The monoisotopic (exact) mass is 770 g/mol. The molecule has 0 radical (unpaired) electrons. The number of hydrogen-bond donors (Lipinski definition) is 3. The molecule has 14 nitrogen and oxygen atoms in total. The number of fused-ring (bicyclic) bond motifs is 6. The highest BCUT2D eigenvalue weighted by atomic mass is 16.5. The fraction of sp³-hybridized carbons (Fsp3) is 0.500. The van der Waals surface area contributed by atoms with Crippen LogP contribution in [0, 0.1) is 0 Å². The van der Waals surface area contributed by atoms with Crippen LogP contribution in [0.2, 0.25) is 0 Å². The molecule has 2 aromatic heterocycles. The number of rotatable bonds is 13. The van der Waals surface area contributed by atoms with E-state index in [1.54, 1.807) is 14.1 Å². The van der Waals surface area contributed by atoms with Gasteiger partial charge in [-0.1, -0.05) is 25.1 Å². The van der Waals surface area contributed by atoms with Crippen molar-refractivity contribution in [3.8, 4) is 11.5 Å².